The maximum atomic E-state index is 14.0. The number of ether oxygens (including phenoxy) is 1. The summed E-state index contributed by atoms with van der Waals surface area (Å²) < 4.78 is 20.8. The second-order valence-corrected chi connectivity index (χ2v) is 6.07. The molecule has 25 heavy (non-hydrogen) atoms. The van der Waals surface area contributed by atoms with E-state index in [1.165, 1.54) is 18.2 Å². The predicted molar refractivity (Wildman–Crippen MR) is 89.8 cm³/mol. The fraction of sp³-hybridized carbons (Fsp3) is 0.389. The van der Waals surface area contributed by atoms with Gasteiger partial charge in [-0.1, -0.05) is 0 Å². The Morgan fingerprint density at radius 1 is 1.40 bits per heavy atom. The van der Waals surface area contributed by atoms with E-state index in [1.807, 2.05) is 13.2 Å². The minimum Gasteiger partial charge on any atom is -0.462 e. The monoisotopic (exact) mass is 345 g/mol. The Balaban J connectivity index is 1.58. The van der Waals surface area contributed by atoms with E-state index in [1.54, 1.807) is 15.8 Å². The lowest BCUT2D eigenvalue weighted by molar-refractivity contribution is -0.117. The molecule has 1 fully saturated rings. The summed E-state index contributed by atoms with van der Waals surface area (Å²) in [6.07, 6.45) is 6.27. The largest absolute Gasteiger partial charge is 0.462 e. The van der Waals surface area contributed by atoms with Gasteiger partial charge in [-0.3, -0.25) is 9.48 Å². The van der Waals surface area contributed by atoms with Crippen LogP contribution in [-0.4, -0.2) is 34.8 Å². The lowest BCUT2D eigenvalue weighted by Crippen LogP contribution is -2.24. The molecule has 1 aliphatic heterocycles. The molecule has 0 N–H and O–H groups in total. The van der Waals surface area contributed by atoms with Gasteiger partial charge in [0.25, 0.3) is 0 Å². The average molecular weight is 345 g/mol. The smallest absolute Gasteiger partial charge is 0.341 e. The molecule has 1 aromatic carbocycles. The maximum Gasteiger partial charge on any atom is 0.341 e. The summed E-state index contributed by atoms with van der Waals surface area (Å²) in [6, 6.07) is 4.10. The molecule has 2 heterocycles. The summed E-state index contributed by atoms with van der Waals surface area (Å²) in [5, 5.41) is 4.07. The van der Waals surface area contributed by atoms with Crippen molar-refractivity contribution in [2.24, 2.45) is 7.05 Å². The van der Waals surface area contributed by atoms with E-state index in [4.69, 9.17) is 4.74 Å². The molecule has 0 unspecified atom stereocenters. The number of nitrogens with zero attached hydrogens (tertiary/aromatic N) is 3. The van der Waals surface area contributed by atoms with Crippen molar-refractivity contribution >= 4 is 17.6 Å². The minimum atomic E-state index is -0.711. The normalized spacial score (nSPS) is 14.2. The van der Waals surface area contributed by atoms with Gasteiger partial charge in [0.05, 0.1) is 18.4 Å². The van der Waals surface area contributed by atoms with Crippen LogP contribution in [0.1, 0.15) is 35.2 Å². The van der Waals surface area contributed by atoms with Crippen molar-refractivity contribution in [2.45, 2.75) is 25.7 Å². The first-order valence-electron chi connectivity index (χ1n) is 8.29. The number of halogens is 1. The number of carbonyl (C=O) groups is 2. The van der Waals surface area contributed by atoms with Crippen LogP contribution in [0.2, 0.25) is 0 Å². The average Bonchev–Trinajstić information content (AvgIpc) is 3.20. The molecule has 0 atom stereocenters. The van der Waals surface area contributed by atoms with Crippen LogP contribution in [0, 0.1) is 5.82 Å². The van der Waals surface area contributed by atoms with Gasteiger partial charge in [0.1, 0.15) is 5.82 Å². The van der Waals surface area contributed by atoms with Gasteiger partial charge in [0, 0.05) is 31.9 Å². The summed E-state index contributed by atoms with van der Waals surface area (Å²) in [4.78, 5) is 25.5. The highest BCUT2D eigenvalue weighted by atomic mass is 19.1. The first kappa shape index (κ1) is 17.1. The number of aryl methyl sites for hydroxylation is 2. The molecular formula is C18H20FN3O3. The molecule has 3 rings (SSSR count). The van der Waals surface area contributed by atoms with Crippen LogP contribution in [0.5, 0.6) is 0 Å². The zero-order chi connectivity index (χ0) is 17.8. The van der Waals surface area contributed by atoms with Crippen LogP contribution in [0.15, 0.2) is 30.6 Å². The summed E-state index contributed by atoms with van der Waals surface area (Å²) >= 11 is 0. The van der Waals surface area contributed by atoms with E-state index >= 15 is 0 Å². The highest BCUT2D eigenvalue weighted by molar-refractivity contribution is 5.97. The maximum absolute atomic E-state index is 14.0. The van der Waals surface area contributed by atoms with Crippen molar-refractivity contribution in [3.05, 3.63) is 47.5 Å². The number of aromatic nitrogens is 2. The summed E-state index contributed by atoms with van der Waals surface area (Å²) in [5.74, 6) is -1.37. The van der Waals surface area contributed by atoms with Crippen LogP contribution in [0.3, 0.4) is 0 Å². The molecule has 0 radical (unpaired) electrons. The van der Waals surface area contributed by atoms with Crippen LogP contribution < -0.4 is 4.90 Å². The number of anilines is 1. The highest BCUT2D eigenvalue weighted by Crippen LogP contribution is 2.24. The molecule has 0 bridgehead atoms. The van der Waals surface area contributed by atoms with E-state index in [2.05, 4.69) is 5.10 Å². The first-order valence-corrected chi connectivity index (χ1v) is 8.29. The number of benzene rings is 1. The number of carbonyl (C=O) groups excluding carboxylic acids is 2. The predicted octanol–water partition coefficient (Wildman–Crippen LogP) is 2.48. The number of hydrogen-bond acceptors (Lipinski definition) is 4. The third-order valence-electron chi connectivity index (χ3n) is 4.16. The van der Waals surface area contributed by atoms with Gasteiger partial charge in [0.15, 0.2) is 0 Å². The Hall–Kier alpha value is -2.70. The standard InChI is InChI=1S/C18H20FN3O3/c1-21-12-13(11-20-21)4-3-9-25-18(24)15-10-14(6-7-16(15)19)22-8-2-5-17(22)23/h6-7,10-12H,2-5,8-9H2,1H3. The van der Waals surface area contributed by atoms with Crippen LogP contribution in [0.4, 0.5) is 10.1 Å². The summed E-state index contributed by atoms with van der Waals surface area (Å²) in [5.41, 5.74) is 1.45. The van der Waals surface area contributed by atoms with Gasteiger partial charge >= 0.3 is 5.97 Å². The van der Waals surface area contributed by atoms with Crippen molar-refractivity contribution in [3.63, 3.8) is 0 Å². The fourth-order valence-electron chi connectivity index (χ4n) is 2.88. The van der Waals surface area contributed by atoms with Gasteiger partial charge in [-0.2, -0.15) is 5.10 Å². The van der Waals surface area contributed by atoms with Gasteiger partial charge in [-0.05, 0) is 43.0 Å². The number of amides is 1. The van der Waals surface area contributed by atoms with Crippen molar-refractivity contribution in [1.29, 1.82) is 0 Å². The van der Waals surface area contributed by atoms with E-state index in [0.29, 0.717) is 25.1 Å². The van der Waals surface area contributed by atoms with E-state index < -0.39 is 11.8 Å². The quantitative estimate of drug-likeness (QED) is 0.596. The lowest BCUT2D eigenvalue weighted by Gasteiger charge is -2.16. The Kier molecular flexibility index (Phi) is 5.11. The van der Waals surface area contributed by atoms with Gasteiger partial charge in [0.2, 0.25) is 5.91 Å². The Labute approximate surface area is 145 Å². The van der Waals surface area contributed by atoms with Gasteiger partial charge < -0.3 is 9.64 Å². The van der Waals surface area contributed by atoms with Crippen molar-refractivity contribution in [2.75, 3.05) is 18.1 Å². The Morgan fingerprint density at radius 3 is 2.92 bits per heavy atom. The molecule has 0 saturated carbocycles. The third-order valence-corrected chi connectivity index (χ3v) is 4.16. The molecule has 2 aromatic rings. The number of rotatable bonds is 6. The van der Waals surface area contributed by atoms with Crippen LogP contribution in [0.25, 0.3) is 0 Å². The molecule has 0 aliphatic carbocycles. The molecule has 1 aliphatic rings. The summed E-state index contributed by atoms with van der Waals surface area (Å²) in [7, 11) is 1.84. The van der Waals surface area contributed by atoms with Gasteiger partial charge in [-0.25, -0.2) is 9.18 Å². The first-order chi connectivity index (χ1) is 12.0. The van der Waals surface area contributed by atoms with Crippen molar-refractivity contribution in [3.8, 4) is 0 Å². The van der Waals surface area contributed by atoms with Crippen molar-refractivity contribution in [1.82, 2.24) is 9.78 Å². The summed E-state index contributed by atoms with van der Waals surface area (Å²) in [6.45, 7) is 0.782. The number of hydrogen-bond donors (Lipinski definition) is 0. The number of esters is 1. The van der Waals surface area contributed by atoms with Gasteiger partial charge in [-0.15, -0.1) is 0 Å². The Morgan fingerprint density at radius 2 is 2.24 bits per heavy atom. The minimum absolute atomic E-state index is 0.0117. The topological polar surface area (TPSA) is 64.4 Å². The van der Waals surface area contributed by atoms with E-state index in [-0.39, 0.29) is 18.1 Å². The molecule has 1 aromatic heterocycles. The lowest BCUT2D eigenvalue weighted by atomic mass is 10.1. The van der Waals surface area contributed by atoms with Crippen LogP contribution in [-0.2, 0) is 23.0 Å². The highest BCUT2D eigenvalue weighted by Gasteiger charge is 2.24. The molecular weight excluding hydrogens is 325 g/mol. The molecule has 1 saturated heterocycles. The van der Waals surface area contributed by atoms with Crippen molar-refractivity contribution < 1.29 is 18.7 Å². The fourth-order valence-corrected chi connectivity index (χ4v) is 2.88. The van der Waals surface area contributed by atoms with E-state index in [9.17, 15) is 14.0 Å². The third kappa shape index (κ3) is 4.04. The molecule has 0 spiro atoms. The Bertz CT molecular complexity index is 788. The zero-order valence-corrected chi connectivity index (χ0v) is 14.1. The SMILES string of the molecule is Cn1cc(CCCOC(=O)c2cc(N3CCCC3=O)ccc2F)cn1. The molecule has 7 heteroatoms. The molecule has 1 amide bonds. The second kappa shape index (κ2) is 7.46. The van der Waals surface area contributed by atoms with E-state index in [0.717, 1.165) is 18.4 Å². The molecule has 6 nitrogen and oxygen atoms in total. The van der Waals surface area contributed by atoms with Crippen LogP contribution >= 0.6 is 0 Å². The zero-order valence-electron chi connectivity index (χ0n) is 14.1. The second-order valence-electron chi connectivity index (χ2n) is 6.07. The molecule has 132 valence electrons.